The lowest BCUT2D eigenvalue weighted by Gasteiger charge is -2.21. The molecule has 0 unspecified atom stereocenters. The van der Waals surface area contributed by atoms with Gasteiger partial charge in [-0.3, -0.25) is 0 Å². The number of nitrogens with zero attached hydrogens (tertiary/aromatic N) is 1. The van der Waals surface area contributed by atoms with Crippen molar-refractivity contribution in [3.05, 3.63) is 35.4 Å². The van der Waals surface area contributed by atoms with Crippen LogP contribution in [-0.2, 0) is 11.3 Å². The van der Waals surface area contributed by atoms with Crippen molar-refractivity contribution in [3.63, 3.8) is 0 Å². The molecule has 1 fully saturated rings. The summed E-state index contributed by atoms with van der Waals surface area (Å²) in [7, 11) is 0. The molecule has 0 saturated heterocycles. The zero-order valence-electron chi connectivity index (χ0n) is 12.3. The molecule has 114 valence electrons. The third-order valence-electron chi connectivity index (χ3n) is 3.72. The number of carbonyl (C=O) groups is 1. The standard InChI is InChI=1S/C16H23N3O2/c17-16(20)19-18-10-13-6-8-15(9-7-13)12-21-11-14-4-2-1-3-5-14/h6-10,14H,1-5,11-12H2,(H3,17,19,20). The summed E-state index contributed by atoms with van der Waals surface area (Å²) in [5, 5.41) is 3.71. The number of urea groups is 1. The Morgan fingerprint density at radius 3 is 2.67 bits per heavy atom. The number of hydrazone groups is 1. The van der Waals surface area contributed by atoms with Crippen LogP contribution in [0.5, 0.6) is 0 Å². The maximum Gasteiger partial charge on any atom is 0.332 e. The van der Waals surface area contributed by atoms with Gasteiger partial charge in [-0.2, -0.15) is 5.10 Å². The predicted octanol–water partition coefficient (Wildman–Crippen LogP) is 2.79. The van der Waals surface area contributed by atoms with Gasteiger partial charge in [0.1, 0.15) is 0 Å². The highest BCUT2D eigenvalue weighted by atomic mass is 16.5. The Morgan fingerprint density at radius 1 is 1.29 bits per heavy atom. The van der Waals surface area contributed by atoms with Crippen LogP contribution in [0.4, 0.5) is 4.79 Å². The number of carbonyl (C=O) groups excluding carboxylic acids is 1. The molecular formula is C16H23N3O2. The first-order chi connectivity index (χ1) is 10.2. The van der Waals surface area contributed by atoms with Gasteiger partial charge in [-0.25, -0.2) is 10.2 Å². The highest BCUT2D eigenvalue weighted by molar-refractivity contribution is 5.81. The van der Waals surface area contributed by atoms with Gasteiger partial charge in [-0.1, -0.05) is 43.5 Å². The number of nitrogens with two attached hydrogens (primary N) is 1. The second kappa shape index (κ2) is 8.42. The fourth-order valence-electron chi connectivity index (χ4n) is 2.57. The lowest BCUT2D eigenvalue weighted by molar-refractivity contribution is 0.0739. The van der Waals surface area contributed by atoms with Crippen LogP contribution >= 0.6 is 0 Å². The summed E-state index contributed by atoms with van der Waals surface area (Å²) in [6.45, 7) is 1.51. The molecule has 1 aliphatic carbocycles. The average Bonchev–Trinajstić information content (AvgIpc) is 2.50. The minimum atomic E-state index is -0.668. The van der Waals surface area contributed by atoms with E-state index in [2.05, 4.69) is 10.5 Å². The maximum absolute atomic E-state index is 10.5. The minimum absolute atomic E-state index is 0.646. The van der Waals surface area contributed by atoms with E-state index in [9.17, 15) is 4.79 Å². The quantitative estimate of drug-likeness (QED) is 0.624. The molecule has 0 radical (unpaired) electrons. The van der Waals surface area contributed by atoms with E-state index in [1.54, 1.807) is 6.21 Å². The van der Waals surface area contributed by atoms with Crippen LogP contribution < -0.4 is 11.2 Å². The van der Waals surface area contributed by atoms with Crippen molar-refractivity contribution >= 4 is 12.2 Å². The predicted molar refractivity (Wildman–Crippen MR) is 83.0 cm³/mol. The molecule has 1 aromatic carbocycles. The molecule has 0 aromatic heterocycles. The summed E-state index contributed by atoms with van der Waals surface area (Å²) in [6.07, 6.45) is 8.24. The van der Waals surface area contributed by atoms with E-state index in [1.807, 2.05) is 24.3 Å². The Bertz CT molecular complexity index is 465. The first-order valence-electron chi connectivity index (χ1n) is 7.49. The van der Waals surface area contributed by atoms with E-state index in [0.717, 1.165) is 23.7 Å². The molecule has 1 saturated carbocycles. The van der Waals surface area contributed by atoms with Crippen molar-refractivity contribution in [2.75, 3.05) is 6.61 Å². The molecular weight excluding hydrogens is 266 g/mol. The van der Waals surface area contributed by atoms with Crippen LogP contribution in [0.1, 0.15) is 43.2 Å². The zero-order valence-corrected chi connectivity index (χ0v) is 12.3. The van der Waals surface area contributed by atoms with Gasteiger partial charge < -0.3 is 10.5 Å². The fourth-order valence-corrected chi connectivity index (χ4v) is 2.57. The Labute approximate surface area is 125 Å². The molecule has 2 rings (SSSR count). The summed E-state index contributed by atoms with van der Waals surface area (Å²) >= 11 is 0. The molecule has 5 heteroatoms. The first kappa shape index (κ1) is 15.5. The number of hydrogen-bond acceptors (Lipinski definition) is 3. The highest BCUT2D eigenvalue weighted by Crippen LogP contribution is 2.23. The number of benzene rings is 1. The van der Waals surface area contributed by atoms with Gasteiger partial charge in [-0.15, -0.1) is 0 Å². The summed E-state index contributed by atoms with van der Waals surface area (Å²) in [6, 6.07) is 7.22. The molecule has 0 aliphatic heterocycles. The number of nitrogens with one attached hydrogen (secondary N) is 1. The molecule has 0 bridgehead atoms. The van der Waals surface area contributed by atoms with Crippen LogP contribution in [0.3, 0.4) is 0 Å². The molecule has 0 atom stereocenters. The van der Waals surface area contributed by atoms with Gasteiger partial charge in [0, 0.05) is 6.61 Å². The lowest BCUT2D eigenvalue weighted by atomic mass is 9.90. The zero-order chi connectivity index (χ0) is 14.9. The van der Waals surface area contributed by atoms with Crippen molar-refractivity contribution < 1.29 is 9.53 Å². The van der Waals surface area contributed by atoms with E-state index in [0.29, 0.717) is 6.61 Å². The number of rotatable bonds is 6. The van der Waals surface area contributed by atoms with Crippen LogP contribution in [0.15, 0.2) is 29.4 Å². The Kier molecular flexibility index (Phi) is 6.22. The number of primary amides is 1. The lowest BCUT2D eigenvalue weighted by Crippen LogP contribution is -2.24. The molecule has 1 aliphatic rings. The first-order valence-corrected chi connectivity index (χ1v) is 7.49. The topological polar surface area (TPSA) is 76.7 Å². The monoisotopic (exact) mass is 289 g/mol. The smallest absolute Gasteiger partial charge is 0.332 e. The molecule has 3 N–H and O–H groups in total. The van der Waals surface area contributed by atoms with E-state index >= 15 is 0 Å². The van der Waals surface area contributed by atoms with Gasteiger partial charge in [0.2, 0.25) is 0 Å². The normalized spacial score (nSPS) is 16.2. The van der Waals surface area contributed by atoms with Crippen molar-refractivity contribution in [2.45, 2.75) is 38.7 Å². The van der Waals surface area contributed by atoms with Crippen molar-refractivity contribution in [3.8, 4) is 0 Å². The molecule has 5 nitrogen and oxygen atoms in total. The summed E-state index contributed by atoms with van der Waals surface area (Å²) < 4.78 is 5.80. The van der Waals surface area contributed by atoms with E-state index in [-0.39, 0.29) is 0 Å². The van der Waals surface area contributed by atoms with E-state index in [4.69, 9.17) is 10.5 Å². The average molecular weight is 289 g/mol. The summed E-state index contributed by atoms with van der Waals surface area (Å²) in [5.74, 6) is 0.741. The number of ether oxygens (including phenoxy) is 1. The van der Waals surface area contributed by atoms with Crippen LogP contribution in [-0.4, -0.2) is 18.9 Å². The number of amides is 2. The Hall–Kier alpha value is -1.88. The third kappa shape index (κ3) is 5.95. The van der Waals surface area contributed by atoms with Crippen molar-refractivity contribution in [2.24, 2.45) is 16.8 Å². The van der Waals surface area contributed by atoms with Crippen LogP contribution in [0.25, 0.3) is 0 Å². The van der Waals surface area contributed by atoms with E-state index < -0.39 is 6.03 Å². The summed E-state index contributed by atoms with van der Waals surface area (Å²) in [4.78, 5) is 10.5. The number of hydrogen-bond donors (Lipinski definition) is 2. The van der Waals surface area contributed by atoms with Crippen LogP contribution in [0.2, 0.25) is 0 Å². The van der Waals surface area contributed by atoms with Gasteiger partial charge in [-0.05, 0) is 29.9 Å². The van der Waals surface area contributed by atoms with Crippen LogP contribution in [0, 0.1) is 5.92 Å². The third-order valence-corrected chi connectivity index (χ3v) is 3.72. The van der Waals surface area contributed by atoms with Gasteiger partial charge >= 0.3 is 6.03 Å². The molecule has 0 heterocycles. The fraction of sp³-hybridized carbons (Fsp3) is 0.500. The second-order valence-corrected chi connectivity index (χ2v) is 5.49. The van der Waals surface area contributed by atoms with E-state index in [1.165, 1.54) is 32.1 Å². The Morgan fingerprint density at radius 2 is 2.00 bits per heavy atom. The van der Waals surface area contributed by atoms with Gasteiger partial charge in [0.25, 0.3) is 0 Å². The largest absolute Gasteiger partial charge is 0.376 e. The Balaban J connectivity index is 1.71. The van der Waals surface area contributed by atoms with Gasteiger partial charge in [0.15, 0.2) is 0 Å². The maximum atomic E-state index is 10.5. The van der Waals surface area contributed by atoms with Crippen molar-refractivity contribution in [1.82, 2.24) is 5.43 Å². The summed E-state index contributed by atoms with van der Waals surface area (Å²) in [5.41, 5.74) is 9.13. The SMILES string of the molecule is NC(=O)NN=Cc1ccc(COCC2CCCCC2)cc1. The van der Waals surface area contributed by atoms with Gasteiger partial charge in [0.05, 0.1) is 12.8 Å². The molecule has 0 spiro atoms. The highest BCUT2D eigenvalue weighted by Gasteiger charge is 2.13. The minimum Gasteiger partial charge on any atom is -0.376 e. The molecule has 21 heavy (non-hydrogen) atoms. The van der Waals surface area contributed by atoms with Crippen molar-refractivity contribution in [1.29, 1.82) is 0 Å². The molecule has 2 amide bonds. The second-order valence-electron chi connectivity index (χ2n) is 5.49. The molecule has 1 aromatic rings.